The molecule has 0 saturated carbocycles. The third kappa shape index (κ3) is 6.60. The van der Waals surface area contributed by atoms with Crippen LogP contribution in [-0.2, 0) is 17.8 Å². The van der Waals surface area contributed by atoms with Gasteiger partial charge < -0.3 is 4.74 Å². The van der Waals surface area contributed by atoms with Gasteiger partial charge in [0.15, 0.2) is 0 Å². The van der Waals surface area contributed by atoms with Crippen molar-refractivity contribution in [3.63, 3.8) is 0 Å². The van der Waals surface area contributed by atoms with Gasteiger partial charge in [0.25, 0.3) is 5.56 Å². The maximum atomic E-state index is 13.0. The summed E-state index contributed by atoms with van der Waals surface area (Å²) in [5, 5.41) is 3.93. The summed E-state index contributed by atoms with van der Waals surface area (Å²) >= 11 is 12.1. The Morgan fingerprint density at radius 3 is 2.60 bits per heavy atom. The van der Waals surface area contributed by atoms with Gasteiger partial charge in [-0.1, -0.05) is 59.6 Å². The van der Waals surface area contributed by atoms with Gasteiger partial charge in [0.05, 0.1) is 33.8 Å². The molecule has 0 bridgehead atoms. The molecule has 35 heavy (non-hydrogen) atoms. The van der Waals surface area contributed by atoms with Crippen LogP contribution in [-0.4, -0.2) is 40.7 Å². The number of carbonyl (C=O) groups is 1. The lowest BCUT2D eigenvalue weighted by molar-refractivity contribution is 0.145. The number of rotatable bonds is 8. The third-order valence-electron chi connectivity index (χ3n) is 5.41. The average molecular weight is 511 g/mol. The monoisotopic (exact) mass is 510 g/mol. The number of hydrogen-bond acceptors (Lipinski definition) is 5. The largest absolute Gasteiger partial charge is 0.448 e. The van der Waals surface area contributed by atoms with Crippen LogP contribution in [0.25, 0.3) is 10.9 Å². The fourth-order valence-electron chi connectivity index (χ4n) is 3.61. The highest BCUT2D eigenvalue weighted by Crippen LogP contribution is 2.23. The number of amides is 1. The molecule has 1 heterocycles. The van der Waals surface area contributed by atoms with Crippen LogP contribution in [0.15, 0.2) is 77.9 Å². The highest BCUT2D eigenvalue weighted by atomic mass is 35.5. The molecule has 9 heteroatoms. The van der Waals surface area contributed by atoms with E-state index in [1.807, 2.05) is 25.2 Å². The molecule has 4 rings (SSSR count). The fraction of sp³-hybridized carbons (Fsp3) is 0.192. The van der Waals surface area contributed by atoms with Crippen molar-refractivity contribution in [1.82, 2.24) is 14.5 Å². The predicted molar refractivity (Wildman–Crippen MR) is 139 cm³/mol. The molecule has 0 spiro atoms. The molecule has 0 atom stereocenters. The molecule has 0 fully saturated rings. The standard InChI is InChI=1S/C26H24Cl2N4O3/c1-31(15-18-5-3-2-4-6-18)11-12-35-26(34)30-20-8-10-24-21(14-20)25(33)32(17-29-24)16-19-7-9-22(27)23(28)13-19/h2-10,13-14,17H,11-12,15-16H2,1H3,(H,30,34). The lowest BCUT2D eigenvalue weighted by Gasteiger charge is -2.16. The lowest BCUT2D eigenvalue weighted by Crippen LogP contribution is -2.25. The summed E-state index contributed by atoms with van der Waals surface area (Å²) in [6.07, 6.45) is 0.901. The zero-order chi connectivity index (χ0) is 24.8. The third-order valence-corrected chi connectivity index (χ3v) is 6.15. The number of benzene rings is 3. The van der Waals surface area contributed by atoms with Crippen LogP contribution in [0.5, 0.6) is 0 Å². The summed E-state index contributed by atoms with van der Waals surface area (Å²) in [5.41, 5.74) is 2.75. The van der Waals surface area contributed by atoms with Crippen LogP contribution < -0.4 is 10.9 Å². The first-order valence-corrected chi connectivity index (χ1v) is 11.7. The molecule has 0 radical (unpaired) electrons. The van der Waals surface area contributed by atoms with Crippen molar-refractivity contribution >= 4 is 45.9 Å². The van der Waals surface area contributed by atoms with E-state index in [2.05, 4.69) is 27.3 Å². The maximum absolute atomic E-state index is 13.0. The van der Waals surface area contributed by atoms with Crippen molar-refractivity contribution in [2.24, 2.45) is 0 Å². The van der Waals surface area contributed by atoms with Gasteiger partial charge >= 0.3 is 6.09 Å². The Morgan fingerprint density at radius 2 is 1.83 bits per heavy atom. The smallest absolute Gasteiger partial charge is 0.411 e. The molecular formula is C26H24Cl2N4O3. The molecule has 1 amide bonds. The van der Waals surface area contributed by atoms with Gasteiger partial charge in [-0.3, -0.25) is 19.6 Å². The normalized spacial score (nSPS) is 11.1. The molecule has 0 aliphatic heterocycles. The fourth-order valence-corrected chi connectivity index (χ4v) is 3.93. The zero-order valence-corrected chi connectivity index (χ0v) is 20.6. The van der Waals surface area contributed by atoms with Crippen molar-refractivity contribution in [3.8, 4) is 0 Å². The van der Waals surface area contributed by atoms with E-state index in [1.54, 1.807) is 36.4 Å². The number of fused-ring (bicyclic) bond motifs is 1. The van der Waals surface area contributed by atoms with Gasteiger partial charge in [0, 0.05) is 18.8 Å². The topological polar surface area (TPSA) is 76.5 Å². The van der Waals surface area contributed by atoms with Crippen LogP contribution in [0.3, 0.4) is 0 Å². The first kappa shape index (κ1) is 24.7. The quantitative estimate of drug-likeness (QED) is 0.341. The predicted octanol–water partition coefficient (Wildman–Crippen LogP) is 5.43. The van der Waals surface area contributed by atoms with Gasteiger partial charge in [-0.25, -0.2) is 9.78 Å². The molecule has 7 nitrogen and oxygen atoms in total. The van der Waals surface area contributed by atoms with Gasteiger partial charge in [-0.05, 0) is 48.5 Å². The molecule has 1 N–H and O–H groups in total. The van der Waals surface area contributed by atoms with Crippen LogP contribution in [0.2, 0.25) is 10.0 Å². The highest BCUT2D eigenvalue weighted by molar-refractivity contribution is 6.42. The Bertz CT molecular complexity index is 1390. The molecule has 0 unspecified atom stereocenters. The van der Waals surface area contributed by atoms with E-state index in [0.717, 1.165) is 12.1 Å². The molecule has 0 saturated heterocycles. The summed E-state index contributed by atoms with van der Waals surface area (Å²) in [4.78, 5) is 31.7. The summed E-state index contributed by atoms with van der Waals surface area (Å²) < 4.78 is 6.78. The van der Waals surface area contributed by atoms with Gasteiger partial charge in [-0.2, -0.15) is 0 Å². The van der Waals surface area contributed by atoms with Crippen LogP contribution in [0.4, 0.5) is 10.5 Å². The first-order valence-electron chi connectivity index (χ1n) is 11.0. The summed E-state index contributed by atoms with van der Waals surface area (Å²) in [6, 6.07) is 20.2. The van der Waals surface area contributed by atoms with Crippen LogP contribution in [0, 0.1) is 0 Å². The van der Waals surface area contributed by atoms with E-state index in [-0.39, 0.29) is 18.7 Å². The second kappa shape index (κ2) is 11.4. The van der Waals surface area contributed by atoms with Crippen molar-refractivity contribution in [1.29, 1.82) is 0 Å². The summed E-state index contributed by atoms with van der Waals surface area (Å²) in [7, 11) is 1.97. The lowest BCUT2D eigenvalue weighted by atomic mass is 10.2. The van der Waals surface area contributed by atoms with E-state index >= 15 is 0 Å². The molecule has 0 aliphatic carbocycles. The number of nitrogens with one attached hydrogen (secondary N) is 1. The Kier molecular flexibility index (Phi) is 8.02. The van der Waals surface area contributed by atoms with E-state index < -0.39 is 6.09 Å². The SMILES string of the molecule is CN(CCOC(=O)Nc1ccc2ncn(Cc3ccc(Cl)c(Cl)c3)c(=O)c2c1)Cc1ccccc1. The van der Waals surface area contributed by atoms with Crippen molar-refractivity contribution in [2.45, 2.75) is 13.1 Å². The average Bonchev–Trinajstić information content (AvgIpc) is 2.84. The van der Waals surface area contributed by atoms with Crippen molar-refractivity contribution in [3.05, 3.63) is 105 Å². The second-order valence-corrected chi connectivity index (χ2v) is 8.96. The van der Waals surface area contributed by atoms with Crippen molar-refractivity contribution in [2.75, 3.05) is 25.5 Å². The Hall–Kier alpha value is -3.39. The first-order chi connectivity index (χ1) is 16.9. The van der Waals surface area contributed by atoms with E-state index in [0.29, 0.717) is 33.2 Å². The van der Waals surface area contributed by atoms with Crippen LogP contribution in [0.1, 0.15) is 11.1 Å². The number of nitrogens with zero attached hydrogens (tertiary/aromatic N) is 3. The molecule has 4 aromatic rings. The minimum absolute atomic E-state index is 0.236. The minimum Gasteiger partial charge on any atom is -0.448 e. The molecule has 3 aromatic carbocycles. The second-order valence-electron chi connectivity index (χ2n) is 8.14. The molecule has 0 aliphatic rings. The molecule has 1 aromatic heterocycles. The number of carbonyl (C=O) groups excluding carboxylic acids is 1. The number of likely N-dealkylation sites (N-methyl/N-ethyl adjacent to an activating group) is 1. The highest BCUT2D eigenvalue weighted by Gasteiger charge is 2.10. The molecule has 180 valence electrons. The Labute approximate surface area is 212 Å². The Morgan fingerprint density at radius 1 is 1.03 bits per heavy atom. The zero-order valence-electron chi connectivity index (χ0n) is 19.1. The summed E-state index contributed by atoms with van der Waals surface area (Å²) in [5.74, 6) is 0. The maximum Gasteiger partial charge on any atom is 0.411 e. The van der Waals surface area contributed by atoms with Gasteiger partial charge in [0.1, 0.15) is 6.61 Å². The number of ether oxygens (including phenoxy) is 1. The number of aromatic nitrogens is 2. The number of anilines is 1. The summed E-state index contributed by atoms with van der Waals surface area (Å²) in [6.45, 7) is 1.87. The van der Waals surface area contributed by atoms with Gasteiger partial charge in [0.2, 0.25) is 0 Å². The van der Waals surface area contributed by atoms with Crippen LogP contribution >= 0.6 is 23.2 Å². The number of hydrogen-bond donors (Lipinski definition) is 1. The van der Waals surface area contributed by atoms with E-state index in [4.69, 9.17) is 27.9 Å². The molecular weight excluding hydrogens is 487 g/mol. The van der Waals surface area contributed by atoms with Crippen molar-refractivity contribution < 1.29 is 9.53 Å². The van der Waals surface area contributed by atoms with Gasteiger partial charge in [-0.15, -0.1) is 0 Å². The number of halogens is 2. The van der Waals surface area contributed by atoms with E-state index in [9.17, 15) is 9.59 Å². The Balaban J connectivity index is 1.37. The minimum atomic E-state index is -0.586. The van der Waals surface area contributed by atoms with E-state index in [1.165, 1.54) is 16.5 Å².